The van der Waals surface area contributed by atoms with E-state index >= 15 is 0 Å². The Hall–Kier alpha value is -4.67. The SMILES string of the molecule is Cc1c(-c2ccnn2-c2ccc(C#N)cc2)n(CN[C@H]2CC[C@@H](C(=O)NCC[N+](C)(C)C)CC2)c(=O)n1-c1cccc(C(F)(F)F)c1. The number of hydrogen-bond donors (Lipinski definition) is 2. The van der Waals surface area contributed by atoms with E-state index < -0.39 is 17.4 Å². The lowest BCUT2D eigenvalue weighted by Gasteiger charge is -2.29. The maximum Gasteiger partial charge on any atom is 0.416 e. The lowest BCUT2D eigenvalue weighted by Crippen LogP contribution is -2.44. The van der Waals surface area contributed by atoms with Crippen LogP contribution in [-0.2, 0) is 17.6 Å². The Kier molecular flexibility index (Phi) is 9.74. The Morgan fingerprint density at radius 3 is 2.38 bits per heavy atom. The number of quaternary nitrogens is 1. The molecule has 13 heteroatoms. The smallest absolute Gasteiger partial charge is 0.350 e. The fourth-order valence-electron chi connectivity index (χ4n) is 6.06. The van der Waals surface area contributed by atoms with E-state index in [1.807, 2.05) is 0 Å². The molecule has 1 fully saturated rings. The molecule has 5 rings (SSSR count). The average Bonchev–Trinajstić information content (AvgIpc) is 3.60. The van der Waals surface area contributed by atoms with E-state index in [1.165, 1.54) is 21.3 Å². The van der Waals surface area contributed by atoms with Crippen molar-refractivity contribution in [2.75, 3.05) is 34.2 Å². The molecule has 4 aromatic rings. The molecule has 0 bridgehead atoms. The first-order valence-electron chi connectivity index (χ1n) is 15.6. The van der Waals surface area contributed by atoms with Gasteiger partial charge < -0.3 is 9.80 Å². The molecule has 1 saturated carbocycles. The summed E-state index contributed by atoms with van der Waals surface area (Å²) < 4.78 is 46.1. The summed E-state index contributed by atoms with van der Waals surface area (Å²) in [6.07, 6.45) is -0.0708. The van der Waals surface area contributed by atoms with Crippen LogP contribution in [0.15, 0.2) is 65.6 Å². The highest BCUT2D eigenvalue weighted by atomic mass is 19.4. The van der Waals surface area contributed by atoms with Crippen LogP contribution >= 0.6 is 0 Å². The van der Waals surface area contributed by atoms with Gasteiger partial charge in [0.2, 0.25) is 5.91 Å². The number of nitriles is 1. The van der Waals surface area contributed by atoms with Crippen LogP contribution in [0, 0.1) is 24.2 Å². The third-order valence-corrected chi connectivity index (χ3v) is 8.65. The van der Waals surface area contributed by atoms with Gasteiger partial charge in [-0.05, 0) is 81.1 Å². The fraction of sp³-hybridized carbons (Fsp3) is 0.412. The zero-order valence-electron chi connectivity index (χ0n) is 27.0. The van der Waals surface area contributed by atoms with Crippen molar-refractivity contribution in [2.45, 2.75) is 51.5 Å². The molecule has 0 unspecified atom stereocenters. The van der Waals surface area contributed by atoms with Gasteiger partial charge in [-0.3, -0.25) is 19.2 Å². The topological polar surface area (TPSA) is 110 Å². The first-order chi connectivity index (χ1) is 22.3. The Morgan fingerprint density at radius 1 is 1.04 bits per heavy atom. The summed E-state index contributed by atoms with van der Waals surface area (Å²) in [6.45, 7) is 3.26. The third kappa shape index (κ3) is 7.66. The summed E-state index contributed by atoms with van der Waals surface area (Å²) in [7, 11) is 6.24. The number of imidazole rings is 1. The van der Waals surface area contributed by atoms with Gasteiger partial charge in [-0.25, -0.2) is 9.48 Å². The number of nitrogens with one attached hydrogen (secondary N) is 2. The van der Waals surface area contributed by atoms with Crippen molar-refractivity contribution in [1.82, 2.24) is 29.5 Å². The monoisotopic (exact) mass is 649 g/mol. The first-order valence-corrected chi connectivity index (χ1v) is 15.6. The van der Waals surface area contributed by atoms with E-state index in [-0.39, 0.29) is 30.2 Å². The van der Waals surface area contributed by atoms with Crippen molar-refractivity contribution in [1.29, 1.82) is 5.26 Å². The molecular weight excluding hydrogens is 609 g/mol. The number of carbonyl (C=O) groups is 1. The van der Waals surface area contributed by atoms with Gasteiger partial charge in [0.25, 0.3) is 0 Å². The molecule has 0 saturated heterocycles. The fourth-order valence-corrected chi connectivity index (χ4v) is 6.06. The van der Waals surface area contributed by atoms with Crippen molar-refractivity contribution < 1.29 is 22.4 Å². The minimum Gasteiger partial charge on any atom is -0.350 e. The highest BCUT2D eigenvalue weighted by molar-refractivity contribution is 5.78. The molecular formula is C34H40F3N8O2+. The van der Waals surface area contributed by atoms with Crippen LogP contribution in [0.3, 0.4) is 0 Å². The molecule has 10 nitrogen and oxygen atoms in total. The van der Waals surface area contributed by atoms with E-state index in [2.05, 4.69) is 42.9 Å². The molecule has 0 radical (unpaired) electrons. The largest absolute Gasteiger partial charge is 0.416 e. The zero-order chi connectivity index (χ0) is 33.9. The highest BCUT2D eigenvalue weighted by Crippen LogP contribution is 2.32. The van der Waals surface area contributed by atoms with Gasteiger partial charge in [-0.2, -0.15) is 23.5 Å². The second-order valence-electron chi connectivity index (χ2n) is 13.0. The molecule has 2 aromatic carbocycles. The number of benzene rings is 2. The van der Waals surface area contributed by atoms with Gasteiger partial charge in [-0.1, -0.05) is 6.07 Å². The number of nitrogens with zero attached hydrogens (tertiary/aromatic N) is 6. The van der Waals surface area contributed by atoms with E-state index in [1.54, 1.807) is 48.1 Å². The standard InChI is InChI=1S/C34H39F3N8O2/c1-23-31(30-16-17-41-44(30)28-14-8-24(21-38)9-15-28)42(33(47)43(23)29-7-5-6-26(20-29)34(35,36)37)22-40-27-12-10-25(11-13-27)32(46)39-18-19-45(2,3)4/h5-9,14-17,20,25,27,40H,10-13,18-19,22H2,1-4H3/p+1/t25-,27+. The van der Waals surface area contributed by atoms with Gasteiger partial charge in [0.1, 0.15) is 0 Å². The second kappa shape index (κ2) is 13.6. The maximum atomic E-state index is 14.1. The molecule has 1 amide bonds. The van der Waals surface area contributed by atoms with Gasteiger partial charge in [0.15, 0.2) is 0 Å². The Morgan fingerprint density at radius 2 is 1.74 bits per heavy atom. The molecule has 2 aromatic heterocycles. The molecule has 1 aliphatic carbocycles. The minimum absolute atomic E-state index is 0.0469. The Bertz CT molecular complexity index is 1820. The molecule has 2 N–H and O–H groups in total. The van der Waals surface area contributed by atoms with E-state index in [9.17, 15) is 28.0 Å². The number of halogens is 3. The van der Waals surface area contributed by atoms with E-state index in [0.717, 1.165) is 36.0 Å². The van der Waals surface area contributed by atoms with Crippen LogP contribution < -0.4 is 16.3 Å². The van der Waals surface area contributed by atoms with Gasteiger partial charge in [0.05, 0.1) is 92.8 Å². The maximum absolute atomic E-state index is 14.1. The van der Waals surface area contributed by atoms with Crippen LogP contribution in [0.1, 0.15) is 42.5 Å². The highest BCUT2D eigenvalue weighted by Gasteiger charge is 2.32. The minimum atomic E-state index is -4.57. The molecule has 0 aliphatic heterocycles. The van der Waals surface area contributed by atoms with Crippen LogP contribution in [0.5, 0.6) is 0 Å². The van der Waals surface area contributed by atoms with E-state index in [0.29, 0.717) is 47.7 Å². The first kappa shape index (κ1) is 33.7. The van der Waals surface area contributed by atoms with Gasteiger partial charge >= 0.3 is 11.9 Å². The molecule has 2 heterocycles. The second-order valence-corrected chi connectivity index (χ2v) is 13.0. The zero-order valence-corrected chi connectivity index (χ0v) is 27.0. The summed E-state index contributed by atoms with van der Waals surface area (Å²) in [6, 6.07) is 15.4. The van der Waals surface area contributed by atoms with Gasteiger partial charge in [0, 0.05) is 12.0 Å². The predicted molar refractivity (Wildman–Crippen MR) is 172 cm³/mol. The van der Waals surface area contributed by atoms with Crippen molar-refractivity contribution >= 4 is 5.91 Å². The van der Waals surface area contributed by atoms with E-state index in [4.69, 9.17) is 0 Å². The normalized spacial score (nSPS) is 17.0. The quantitative estimate of drug-likeness (QED) is 0.244. The summed E-state index contributed by atoms with van der Waals surface area (Å²) in [5.41, 5.74) is 1.38. The van der Waals surface area contributed by atoms with Crippen molar-refractivity contribution in [3.63, 3.8) is 0 Å². The van der Waals surface area contributed by atoms with Crippen molar-refractivity contribution in [3.8, 4) is 28.8 Å². The predicted octanol–water partition coefficient (Wildman–Crippen LogP) is 4.62. The number of alkyl halides is 3. The molecule has 248 valence electrons. The van der Waals surface area contributed by atoms with Crippen LogP contribution in [0.2, 0.25) is 0 Å². The number of amides is 1. The number of carbonyl (C=O) groups excluding carboxylic acids is 1. The number of aromatic nitrogens is 4. The van der Waals surface area contributed by atoms with Crippen LogP contribution in [0.4, 0.5) is 13.2 Å². The molecule has 1 aliphatic rings. The third-order valence-electron chi connectivity index (χ3n) is 8.65. The summed E-state index contributed by atoms with van der Waals surface area (Å²) in [5, 5.41) is 20.2. The lowest BCUT2D eigenvalue weighted by atomic mass is 9.85. The summed E-state index contributed by atoms with van der Waals surface area (Å²) in [5.74, 6) is 0.00469. The van der Waals surface area contributed by atoms with Crippen molar-refractivity contribution in [2.24, 2.45) is 5.92 Å². The Labute approximate surface area is 271 Å². The lowest BCUT2D eigenvalue weighted by molar-refractivity contribution is -0.869. The van der Waals surface area contributed by atoms with Crippen LogP contribution in [0.25, 0.3) is 22.8 Å². The number of rotatable bonds is 10. The summed E-state index contributed by atoms with van der Waals surface area (Å²) >= 11 is 0. The molecule has 0 spiro atoms. The average molecular weight is 650 g/mol. The number of likely N-dealkylation sites (N-methyl/N-ethyl adjacent to an activating group) is 1. The van der Waals surface area contributed by atoms with Crippen LogP contribution in [-0.4, -0.2) is 69.6 Å². The Balaban J connectivity index is 1.43. The molecule has 47 heavy (non-hydrogen) atoms. The van der Waals surface area contributed by atoms with Crippen molar-refractivity contribution in [3.05, 3.63) is 88.1 Å². The molecule has 0 atom stereocenters. The summed E-state index contributed by atoms with van der Waals surface area (Å²) in [4.78, 5) is 26.8. The number of hydrogen-bond acceptors (Lipinski definition) is 5. The van der Waals surface area contributed by atoms with Gasteiger partial charge in [-0.15, -0.1) is 0 Å².